The number of para-hydroxylation sites is 1. The molecule has 0 saturated carbocycles. The molecule has 0 aliphatic heterocycles. The number of esters is 1. The monoisotopic (exact) mass is 281 g/mol. The lowest BCUT2D eigenvalue weighted by Gasteiger charge is -2.12. The molecule has 0 radical (unpaired) electrons. The second-order valence-corrected chi connectivity index (χ2v) is 4.70. The van der Waals surface area contributed by atoms with Gasteiger partial charge in [0.15, 0.2) is 6.17 Å². The highest BCUT2D eigenvalue weighted by atomic mass is 19.1. The topological polar surface area (TPSA) is 69.4 Å². The molecule has 1 aromatic carbocycles. The summed E-state index contributed by atoms with van der Waals surface area (Å²) in [4.78, 5) is 21.7. The molecule has 0 bridgehead atoms. The van der Waals surface area contributed by atoms with Crippen LogP contribution in [-0.2, 0) is 9.53 Å². The van der Waals surface area contributed by atoms with Crippen LogP contribution in [0.1, 0.15) is 25.6 Å². The molecule has 20 heavy (non-hydrogen) atoms. The third-order valence-corrected chi connectivity index (χ3v) is 2.52. The van der Waals surface area contributed by atoms with Gasteiger partial charge in [-0.3, -0.25) is 10.1 Å². The van der Waals surface area contributed by atoms with Crippen LogP contribution in [0.5, 0.6) is 0 Å². The number of nitrogens with zero attached hydrogens (tertiary/aromatic N) is 1. The summed E-state index contributed by atoms with van der Waals surface area (Å²) in [5, 5.41) is 10.8. The van der Waals surface area contributed by atoms with E-state index in [4.69, 9.17) is 4.74 Å². The maximum atomic E-state index is 14.2. The van der Waals surface area contributed by atoms with Gasteiger partial charge in [0.25, 0.3) is 5.69 Å². The van der Waals surface area contributed by atoms with Crippen molar-refractivity contribution in [3.8, 4) is 0 Å². The van der Waals surface area contributed by atoms with Gasteiger partial charge < -0.3 is 4.74 Å². The molecule has 5 nitrogen and oxygen atoms in total. The molecule has 1 atom stereocenters. The first-order valence-electron chi connectivity index (χ1n) is 6.08. The fraction of sp³-hybridized carbons (Fsp3) is 0.357. The molecule has 0 saturated heterocycles. The lowest BCUT2D eigenvalue weighted by atomic mass is 10.0. The molecule has 108 valence electrons. The number of hydrogen-bond donors (Lipinski definition) is 0. The Bertz CT molecular complexity index is 528. The zero-order valence-corrected chi connectivity index (χ0v) is 11.3. The zero-order valence-electron chi connectivity index (χ0n) is 11.3. The summed E-state index contributed by atoms with van der Waals surface area (Å²) >= 11 is 0. The van der Waals surface area contributed by atoms with E-state index in [1.165, 1.54) is 24.3 Å². The number of nitro benzene ring substituents is 1. The highest BCUT2D eigenvalue weighted by Crippen LogP contribution is 2.32. The number of nitro groups is 1. The smallest absolute Gasteiger partial charge is 0.336 e. The van der Waals surface area contributed by atoms with Gasteiger partial charge >= 0.3 is 5.97 Å². The molecule has 1 rings (SSSR count). The maximum Gasteiger partial charge on any atom is 0.336 e. The van der Waals surface area contributed by atoms with Gasteiger partial charge in [0.1, 0.15) is 0 Å². The number of hydrogen-bond acceptors (Lipinski definition) is 4. The lowest BCUT2D eigenvalue weighted by Crippen LogP contribution is -2.15. The van der Waals surface area contributed by atoms with Gasteiger partial charge in [-0.15, -0.1) is 0 Å². The first-order chi connectivity index (χ1) is 9.34. The summed E-state index contributed by atoms with van der Waals surface area (Å²) in [5.74, 6) is -0.778. The number of alkyl halides is 1. The van der Waals surface area contributed by atoms with Crippen molar-refractivity contribution in [2.75, 3.05) is 6.61 Å². The van der Waals surface area contributed by atoms with E-state index in [9.17, 15) is 19.3 Å². The fourth-order valence-corrected chi connectivity index (χ4v) is 1.49. The Labute approximate surface area is 116 Å². The summed E-state index contributed by atoms with van der Waals surface area (Å²) in [6.07, 6.45) is -1.96. The van der Waals surface area contributed by atoms with Crippen LogP contribution in [0.2, 0.25) is 0 Å². The highest BCUT2D eigenvalue weighted by molar-refractivity contribution is 5.89. The molecule has 1 aromatic rings. The van der Waals surface area contributed by atoms with E-state index in [0.717, 1.165) is 0 Å². The van der Waals surface area contributed by atoms with Gasteiger partial charge in [0, 0.05) is 6.07 Å². The predicted molar refractivity (Wildman–Crippen MR) is 71.9 cm³/mol. The summed E-state index contributed by atoms with van der Waals surface area (Å²) in [6, 6.07) is 5.31. The van der Waals surface area contributed by atoms with E-state index in [1.807, 2.05) is 13.8 Å². The zero-order chi connectivity index (χ0) is 15.3. The van der Waals surface area contributed by atoms with Gasteiger partial charge in [-0.2, -0.15) is 0 Å². The van der Waals surface area contributed by atoms with Crippen LogP contribution in [0.3, 0.4) is 0 Å². The average Bonchev–Trinajstić information content (AvgIpc) is 2.42. The quantitative estimate of drug-likeness (QED) is 0.347. The van der Waals surface area contributed by atoms with E-state index in [1.54, 1.807) is 0 Å². The van der Waals surface area contributed by atoms with E-state index in [2.05, 4.69) is 6.58 Å². The molecular formula is C14H16FNO4. The van der Waals surface area contributed by atoms with Crippen molar-refractivity contribution in [3.63, 3.8) is 0 Å². The predicted octanol–water partition coefficient (Wildman–Crippen LogP) is 3.36. The molecule has 0 aliphatic rings. The van der Waals surface area contributed by atoms with Gasteiger partial charge in [0.05, 0.1) is 22.7 Å². The van der Waals surface area contributed by atoms with Crippen LogP contribution in [-0.4, -0.2) is 17.5 Å². The number of carbonyl (C=O) groups is 1. The minimum absolute atomic E-state index is 0.107. The number of carbonyl (C=O) groups excluding carboxylic acids is 1. The fourth-order valence-electron chi connectivity index (χ4n) is 1.49. The van der Waals surface area contributed by atoms with Crippen LogP contribution in [0.4, 0.5) is 10.1 Å². The number of rotatable bonds is 6. The van der Waals surface area contributed by atoms with E-state index in [0.29, 0.717) is 0 Å². The van der Waals surface area contributed by atoms with Crippen LogP contribution in [0.15, 0.2) is 36.4 Å². The second kappa shape index (κ2) is 6.79. The minimum atomic E-state index is -1.96. The molecule has 0 amide bonds. The summed E-state index contributed by atoms with van der Waals surface area (Å²) in [6.45, 7) is 7.15. The standard InChI is InChI=1S/C14H16FNO4/c1-9(2)8-20-14(17)10(3)13(15)11-6-4-5-7-12(11)16(18)19/h4-7,9,13H,3,8H2,1-2H3. The van der Waals surface area contributed by atoms with Crippen molar-refractivity contribution >= 4 is 11.7 Å². The van der Waals surface area contributed by atoms with Crippen LogP contribution in [0, 0.1) is 16.0 Å². The molecule has 0 N–H and O–H groups in total. The van der Waals surface area contributed by atoms with Crippen molar-refractivity contribution in [1.82, 2.24) is 0 Å². The molecule has 0 spiro atoms. The Hall–Kier alpha value is -2.24. The second-order valence-electron chi connectivity index (χ2n) is 4.70. The van der Waals surface area contributed by atoms with E-state index < -0.39 is 28.3 Å². The number of benzene rings is 1. The molecule has 0 aromatic heterocycles. The Morgan fingerprint density at radius 1 is 1.45 bits per heavy atom. The van der Waals surface area contributed by atoms with Crippen molar-refractivity contribution < 1.29 is 18.8 Å². The largest absolute Gasteiger partial charge is 0.462 e. The van der Waals surface area contributed by atoms with Crippen LogP contribution in [0.25, 0.3) is 0 Å². The molecule has 6 heteroatoms. The molecule has 0 aliphatic carbocycles. The summed E-state index contributed by atoms with van der Waals surface area (Å²) in [5.41, 5.74) is -1.04. The van der Waals surface area contributed by atoms with Gasteiger partial charge in [-0.25, -0.2) is 9.18 Å². The van der Waals surface area contributed by atoms with Crippen LogP contribution < -0.4 is 0 Å². The molecule has 1 unspecified atom stereocenters. The first-order valence-corrected chi connectivity index (χ1v) is 6.08. The lowest BCUT2D eigenvalue weighted by molar-refractivity contribution is -0.385. The Balaban J connectivity index is 2.89. The Kier molecular flexibility index (Phi) is 5.37. The minimum Gasteiger partial charge on any atom is -0.462 e. The van der Waals surface area contributed by atoms with Crippen molar-refractivity contribution in [1.29, 1.82) is 0 Å². The number of ether oxygens (including phenoxy) is 1. The molecule has 0 heterocycles. The molecular weight excluding hydrogens is 265 g/mol. The normalized spacial score (nSPS) is 12.0. The van der Waals surface area contributed by atoms with Gasteiger partial charge in [-0.05, 0) is 12.0 Å². The van der Waals surface area contributed by atoms with E-state index >= 15 is 0 Å². The summed E-state index contributed by atoms with van der Waals surface area (Å²) in [7, 11) is 0. The third-order valence-electron chi connectivity index (χ3n) is 2.52. The van der Waals surface area contributed by atoms with E-state index in [-0.39, 0.29) is 18.1 Å². The van der Waals surface area contributed by atoms with Crippen molar-refractivity contribution in [2.45, 2.75) is 20.0 Å². The molecule has 0 fully saturated rings. The first kappa shape index (κ1) is 15.8. The third kappa shape index (κ3) is 3.88. The van der Waals surface area contributed by atoms with Gasteiger partial charge in [0.2, 0.25) is 0 Å². The van der Waals surface area contributed by atoms with Crippen LogP contribution >= 0.6 is 0 Å². The highest BCUT2D eigenvalue weighted by Gasteiger charge is 2.27. The van der Waals surface area contributed by atoms with Crippen molar-refractivity contribution in [3.05, 3.63) is 52.1 Å². The maximum absolute atomic E-state index is 14.2. The average molecular weight is 281 g/mol. The van der Waals surface area contributed by atoms with Crippen molar-refractivity contribution in [2.24, 2.45) is 5.92 Å². The SMILES string of the molecule is C=C(C(=O)OCC(C)C)C(F)c1ccccc1[N+](=O)[O-]. The van der Waals surface area contributed by atoms with Gasteiger partial charge in [-0.1, -0.05) is 32.6 Å². The number of halogens is 1. The Morgan fingerprint density at radius 2 is 2.05 bits per heavy atom. The summed E-state index contributed by atoms with van der Waals surface area (Å²) < 4.78 is 19.1. The Morgan fingerprint density at radius 3 is 2.60 bits per heavy atom.